The summed E-state index contributed by atoms with van der Waals surface area (Å²) in [6.07, 6.45) is 6.12. The third-order valence-corrected chi connectivity index (χ3v) is 2.43. The molecule has 1 aliphatic rings. The van der Waals surface area contributed by atoms with Crippen LogP contribution in [-0.2, 0) is 11.2 Å². The van der Waals surface area contributed by atoms with Crippen LogP contribution in [0.15, 0.2) is 12.5 Å². The fourth-order valence-electron chi connectivity index (χ4n) is 1.48. The molecule has 1 fully saturated rings. The van der Waals surface area contributed by atoms with Crippen molar-refractivity contribution in [3.63, 3.8) is 0 Å². The van der Waals surface area contributed by atoms with Crippen LogP contribution in [0.25, 0.3) is 0 Å². The SMILES string of the molecule is NC(Cc1cncn1C1CC1)C(=O)O. The van der Waals surface area contributed by atoms with Gasteiger partial charge in [-0.05, 0) is 12.8 Å². The van der Waals surface area contributed by atoms with E-state index in [1.807, 2.05) is 4.57 Å². The number of nitrogens with two attached hydrogens (primary N) is 1. The van der Waals surface area contributed by atoms with Crippen LogP contribution in [0.4, 0.5) is 0 Å². The van der Waals surface area contributed by atoms with Crippen molar-refractivity contribution in [2.24, 2.45) is 5.73 Å². The van der Waals surface area contributed by atoms with Gasteiger partial charge in [-0.2, -0.15) is 0 Å². The van der Waals surface area contributed by atoms with Gasteiger partial charge in [0.15, 0.2) is 0 Å². The van der Waals surface area contributed by atoms with Crippen molar-refractivity contribution in [2.45, 2.75) is 31.3 Å². The number of carbonyl (C=O) groups is 1. The summed E-state index contributed by atoms with van der Waals surface area (Å²) in [6.45, 7) is 0. The van der Waals surface area contributed by atoms with Gasteiger partial charge in [0.25, 0.3) is 0 Å². The molecule has 0 bridgehead atoms. The summed E-state index contributed by atoms with van der Waals surface area (Å²) in [6, 6.07) is -0.308. The predicted octanol–water partition coefficient (Wildman–Crippen LogP) is 0.172. The van der Waals surface area contributed by atoms with Crippen molar-refractivity contribution >= 4 is 5.97 Å². The molecule has 0 saturated heterocycles. The maximum Gasteiger partial charge on any atom is 0.320 e. The normalized spacial score (nSPS) is 18.1. The first-order chi connectivity index (χ1) is 6.68. The Kier molecular flexibility index (Phi) is 2.25. The standard InChI is InChI=1S/C9H13N3O2/c10-8(9(13)14)3-7-4-11-5-12(7)6-1-2-6/h4-6,8H,1-3,10H2,(H,13,14). The largest absolute Gasteiger partial charge is 0.480 e. The Hall–Kier alpha value is -1.36. The van der Waals surface area contributed by atoms with Gasteiger partial charge in [-0.1, -0.05) is 0 Å². The van der Waals surface area contributed by atoms with Crippen LogP contribution in [0.2, 0.25) is 0 Å². The molecule has 1 atom stereocenters. The second kappa shape index (κ2) is 3.42. The van der Waals surface area contributed by atoms with E-state index in [-0.39, 0.29) is 0 Å². The first kappa shape index (κ1) is 9.21. The summed E-state index contributed by atoms with van der Waals surface area (Å²) >= 11 is 0. The summed E-state index contributed by atoms with van der Waals surface area (Å²) in [5, 5.41) is 8.67. The Morgan fingerprint density at radius 2 is 2.50 bits per heavy atom. The van der Waals surface area contributed by atoms with Gasteiger partial charge in [-0.25, -0.2) is 4.98 Å². The number of hydrogen-bond acceptors (Lipinski definition) is 3. The number of carboxylic acids is 1. The Morgan fingerprint density at radius 3 is 3.07 bits per heavy atom. The van der Waals surface area contributed by atoms with Crippen LogP contribution in [0.1, 0.15) is 24.6 Å². The molecule has 76 valence electrons. The van der Waals surface area contributed by atoms with E-state index < -0.39 is 12.0 Å². The van der Waals surface area contributed by atoms with Crippen molar-refractivity contribution in [2.75, 3.05) is 0 Å². The van der Waals surface area contributed by atoms with E-state index in [1.54, 1.807) is 12.5 Å². The Labute approximate surface area is 81.5 Å². The zero-order chi connectivity index (χ0) is 10.1. The second-order valence-electron chi connectivity index (χ2n) is 3.67. The summed E-state index contributed by atoms with van der Waals surface area (Å²) in [5.41, 5.74) is 6.38. The number of rotatable bonds is 4. The maximum atomic E-state index is 10.6. The molecule has 0 aliphatic heterocycles. The number of imidazole rings is 1. The molecule has 14 heavy (non-hydrogen) atoms. The Balaban J connectivity index is 2.08. The molecule has 1 unspecified atom stereocenters. The van der Waals surface area contributed by atoms with Gasteiger partial charge in [0.2, 0.25) is 0 Å². The summed E-state index contributed by atoms with van der Waals surface area (Å²) in [7, 11) is 0. The molecule has 0 radical (unpaired) electrons. The van der Waals surface area contributed by atoms with E-state index in [9.17, 15) is 4.79 Å². The van der Waals surface area contributed by atoms with Gasteiger partial charge in [0.05, 0.1) is 6.33 Å². The van der Waals surface area contributed by atoms with Crippen molar-refractivity contribution in [3.8, 4) is 0 Å². The number of aliphatic carboxylic acids is 1. The molecule has 1 saturated carbocycles. The summed E-state index contributed by atoms with van der Waals surface area (Å²) < 4.78 is 2.03. The molecule has 2 rings (SSSR count). The van der Waals surface area contributed by atoms with Gasteiger partial charge in [0.1, 0.15) is 6.04 Å². The molecule has 5 heteroatoms. The minimum Gasteiger partial charge on any atom is -0.480 e. The number of hydrogen-bond donors (Lipinski definition) is 2. The fourth-order valence-corrected chi connectivity index (χ4v) is 1.48. The van der Waals surface area contributed by atoms with E-state index in [0.717, 1.165) is 18.5 Å². The highest BCUT2D eigenvalue weighted by Crippen LogP contribution is 2.35. The molecular weight excluding hydrogens is 182 g/mol. The molecule has 0 amide bonds. The van der Waals surface area contributed by atoms with Crippen molar-refractivity contribution in [3.05, 3.63) is 18.2 Å². The van der Waals surface area contributed by atoms with Crippen LogP contribution in [0.3, 0.4) is 0 Å². The fraction of sp³-hybridized carbons (Fsp3) is 0.556. The van der Waals surface area contributed by atoms with Crippen molar-refractivity contribution in [1.29, 1.82) is 0 Å². The lowest BCUT2D eigenvalue weighted by atomic mass is 10.2. The monoisotopic (exact) mass is 195 g/mol. The van der Waals surface area contributed by atoms with Gasteiger partial charge in [-0.15, -0.1) is 0 Å². The highest BCUT2D eigenvalue weighted by molar-refractivity contribution is 5.73. The van der Waals surface area contributed by atoms with Crippen LogP contribution in [0, 0.1) is 0 Å². The maximum absolute atomic E-state index is 10.6. The summed E-state index contributed by atoms with van der Waals surface area (Å²) in [4.78, 5) is 14.6. The highest BCUT2D eigenvalue weighted by atomic mass is 16.4. The van der Waals surface area contributed by atoms with Gasteiger partial charge < -0.3 is 15.4 Å². The third kappa shape index (κ3) is 1.77. The van der Waals surface area contributed by atoms with Crippen LogP contribution < -0.4 is 5.73 Å². The first-order valence-corrected chi connectivity index (χ1v) is 4.67. The van der Waals surface area contributed by atoms with E-state index in [0.29, 0.717) is 12.5 Å². The Morgan fingerprint density at radius 1 is 1.79 bits per heavy atom. The molecule has 0 aromatic carbocycles. The van der Waals surface area contributed by atoms with E-state index in [2.05, 4.69) is 4.98 Å². The third-order valence-electron chi connectivity index (χ3n) is 2.43. The minimum absolute atomic E-state index is 0.353. The zero-order valence-corrected chi connectivity index (χ0v) is 7.76. The molecule has 0 spiro atoms. The van der Waals surface area contributed by atoms with Gasteiger partial charge >= 0.3 is 5.97 Å². The first-order valence-electron chi connectivity index (χ1n) is 4.67. The summed E-state index contributed by atoms with van der Waals surface area (Å²) in [5.74, 6) is -0.964. The average molecular weight is 195 g/mol. The Bertz CT molecular complexity index is 344. The van der Waals surface area contributed by atoms with E-state index in [1.165, 1.54) is 0 Å². The second-order valence-corrected chi connectivity index (χ2v) is 3.67. The topological polar surface area (TPSA) is 81.1 Å². The zero-order valence-electron chi connectivity index (χ0n) is 7.76. The minimum atomic E-state index is -0.964. The quantitative estimate of drug-likeness (QED) is 0.717. The van der Waals surface area contributed by atoms with Crippen LogP contribution >= 0.6 is 0 Å². The molecule has 1 aromatic rings. The lowest BCUT2D eigenvalue weighted by Gasteiger charge is -2.08. The van der Waals surface area contributed by atoms with Crippen molar-refractivity contribution in [1.82, 2.24) is 9.55 Å². The molecule has 3 N–H and O–H groups in total. The number of aromatic nitrogens is 2. The van der Waals surface area contributed by atoms with Gasteiger partial charge in [0, 0.05) is 24.4 Å². The van der Waals surface area contributed by atoms with Crippen LogP contribution in [-0.4, -0.2) is 26.7 Å². The molecule has 1 aliphatic carbocycles. The highest BCUT2D eigenvalue weighted by Gasteiger charge is 2.26. The average Bonchev–Trinajstić information content (AvgIpc) is 2.88. The lowest BCUT2D eigenvalue weighted by Crippen LogP contribution is -2.32. The van der Waals surface area contributed by atoms with E-state index >= 15 is 0 Å². The molecule has 1 heterocycles. The van der Waals surface area contributed by atoms with E-state index in [4.69, 9.17) is 10.8 Å². The smallest absolute Gasteiger partial charge is 0.320 e. The van der Waals surface area contributed by atoms with Crippen molar-refractivity contribution < 1.29 is 9.90 Å². The van der Waals surface area contributed by atoms with Gasteiger partial charge in [-0.3, -0.25) is 4.79 Å². The predicted molar refractivity (Wildman–Crippen MR) is 49.8 cm³/mol. The molecule has 5 nitrogen and oxygen atoms in total. The molecular formula is C9H13N3O2. The molecule has 1 aromatic heterocycles. The number of nitrogens with zero attached hydrogens (tertiary/aromatic N) is 2. The van der Waals surface area contributed by atoms with Crippen LogP contribution in [0.5, 0.6) is 0 Å². The number of carboxylic acid groups (broad SMARTS) is 1. The lowest BCUT2D eigenvalue weighted by molar-refractivity contribution is -0.138.